The molecule has 1 heterocycles. The van der Waals surface area contributed by atoms with Crippen LogP contribution in [0, 0.1) is 11.6 Å². The SMILES string of the molecule is CCO/C=C\c1nc(SCc2c(F)cccc2Cl)n(-c2ccc(F)cc2)c1C(O)c1ccc(OC)c(OC)c1. The van der Waals surface area contributed by atoms with Gasteiger partial charge in [-0.25, -0.2) is 13.8 Å². The molecule has 1 unspecified atom stereocenters. The predicted molar refractivity (Wildman–Crippen MR) is 149 cm³/mol. The van der Waals surface area contributed by atoms with Crippen LogP contribution in [0.2, 0.25) is 5.02 Å². The number of methoxy groups -OCH3 is 2. The molecule has 10 heteroatoms. The topological polar surface area (TPSA) is 65.7 Å². The van der Waals surface area contributed by atoms with Crippen molar-refractivity contribution in [1.82, 2.24) is 9.55 Å². The summed E-state index contributed by atoms with van der Waals surface area (Å²) < 4.78 is 46.3. The van der Waals surface area contributed by atoms with Gasteiger partial charge in [0.25, 0.3) is 0 Å². The van der Waals surface area contributed by atoms with E-state index in [1.165, 1.54) is 50.4 Å². The first-order chi connectivity index (χ1) is 18.9. The van der Waals surface area contributed by atoms with Gasteiger partial charge in [0, 0.05) is 28.1 Å². The second-order valence-electron chi connectivity index (χ2n) is 8.24. The lowest BCUT2D eigenvalue weighted by molar-refractivity contribution is 0.211. The number of ether oxygens (including phenoxy) is 3. The summed E-state index contributed by atoms with van der Waals surface area (Å²) >= 11 is 7.49. The van der Waals surface area contributed by atoms with Crippen molar-refractivity contribution in [3.63, 3.8) is 0 Å². The molecule has 0 aliphatic rings. The molecule has 0 bridgehead atoms. The van der Waals surface area contributed by atoms with Crippen molar-refractivity contribution in [2.45, 2.75) is 23.9 Å². The molecule has 0 saturated carbocycles. The average Bonchev–Trinajstić information content (AvgIpc) is 3.30. The van der Waals surface area contributed by atoms with Crippen LogP contribution in [-0.2, 0) is 10.5 Å². The van der Waals surface area contributed by atoms with Gasteiger partial charge in [-0.05, 0) is 61.0 Å². The van der Waals surface area contributed by atoms with E-state index < -0.39 is 17.7 Å². The summed E-state index contributed by atoms with van der Waals surface area (Å²) in [6.07, 6.45) is 1.95. The average molecular weight is 573 g/mol. The highest BCUT2D eigenvalue weighted by atomic mass is 35.5. The van der Waals surface area contributed by atoms with Gasteiger partial charge in [-0.3, -0.25) is 4.57 Å². The summed E-state index contributed by atoms with van der Waals surface area (Å²) in [5, 5.41) is 12.4. The van der Waals surface area contributed by atoms with Gasteiger partial charge in [-0.15, -0.1) is 0 Å². The number of aliphatic hydroxyl groups is 1. The molecule has 0 saturated heterocycles. The minimum Gasteiger partial charge on any atom is -0.501 e. The summed E-state index contributed by atoms with van der Waals surface area (Å²) in [5.41, 5.74) is 2.20. The third kappa shape index (κ3) is 6.38. The van der Waals surface area contributed by atoms with Gasteiger partial charge >= 0.3 is 0 Å². The van der Waals surface area contributed by atoms with Crippen molar-refractivity contribution < 1.29 is 28.1 Å². The molecule has 204 valence electrons. The first-order valence-corrected chi connectivity index (χ1v) is 13.4. The van der Waals surface area contributed by atoms with Crippen molar-refractivity contribution in [3.05, 3.63) is 106 Å². The van der Waals surface area contributed by atoms with Gasteiger partial charge in [0.2, 0.25) is 0 Å². The number of rotatable bonds is 11. The van der Waals surface area contributed by atoms with E-state index in [0.717, 1.165) is 0 Å². The molecule has 0 amide bonds. The highest BCUT2D eigenvalue weighted by Gasteiger charge is 2.26. The maximum atomic E-state index is 14.5. The number of halogens is 3. The zero-order valence-electron chi connectivity index (χ0n) is 21.5. The Morgan fingerprint density at radius 2 is 1.79 bits per heavy atom. The van der Waals surface area contributed by atoms with E-state index in [2.05, 4.69) is 0 Å². The maximum absolute atomic E-state index is 14.5. The Labute approximate surface area is 234 Å². The molecular weight excluding hydrogens is 546 g/mol. The number of benzene rings is 3. The van der Waals surface area contributed by atoms with Crippen LogP contribution in [0.25, 0.3) is 11.8 Å². The summed E-state index contributed by atoms with van der Waals surface area (Å²) in [4.78, 5) is 4.76. The molecule has 4 aromatic rings. The number of aliphatic hydroxyl groups excluding tert-OH is 1. The van der Waals surface area contributed by atoms with Crippen molar-refractivity contribution in [1.29, 1.82) is 0 Å². The van der Waals surface area contributed by atoms with Gasteiger partial charge in [-0.2, -0.15) is 0 Å². The number of hydrogen-bond donors (Lipinski definition) is 1. The molecular formula is C29H27ClF2N2O4S. The molecule has 1 atom stereocenters. The standard InChI is InChI=1S/C29H27ClF2N2O4S/c1-4-38-15-14-24-27(28(35)18-8-13-25(36-2)26(16-18)37-3)34(20-11-9-19(31)10-12-20)29(33-24)39-17-21-22(30)6-5-7-23(21)32/h5-16,28,35H,4,17H2,1-3H3/b15-14-. The van der Waals surface area contributed by atoms with Crippen LogP contribution < -0.4 is 9.47 Å². The van der Waals surface area contributed by atoms with Crippen LogP contribution >= 0.6 is 23.4 Å². The Morgan fingerprint density at radius 1 is 1.05 bits per heavy atom. The molecule has 4 rings (SSSR count). The zero-order chi connectivity index (χ0) is 27.9. The molecule has 0 aliphatic heterocycles. The highest BCUT2D eigenvalue weighted by molar-refractivity contribution is 7.98. The fourth-order valence-corrected chi connectivity index (χ4v) is 5.32. The number of aromatic nitrogens is 2. The Bertz CT molecular complexity index is 1440. The quantitative estimate of drug-likeness (QED) is 0.151. The van der Waals surface area contributed by atoms with Gasteiger partial charge < -0.3 is 19.3 Å². The van der Waals surface area contributed by atoms with Crippen LogP contribution in [-0.4, -0.2) is 35.5 Å². The van der Waals surface area contributed by atoms with Crippen molar-refractivity contribution in [3.8, 4) is 17.2 Å². The van der Waals surface area contributed by atoms with Crippen LogP contribution in [0.5, 0.6) is 11.5 Å². The summed E-state index contributed by atoms with van der Waals surface area (Å²) in [6.45, 7) is 2.29. The van der Waals surface area contributed by atoms with Gasteiger partial charge in [0.15, 0.2) is 16.7 Å². The lowest BCUT2D eigenvalue weighted by Crippen LogP contribution is -2.10. The van der Waals surface area contributed by atoms with Crippen LogP contribution in [0.15, 0.2) is 72.1 Å². The van der Waals surface area contributed by atoms with Crippen LogP contribution in [0.4, 0.5) is 8.78 Å². The second kappa shape index (κ2) is 13.0. The molecule has 6 nitrogen and oxygen atoms in total. The van der Waals surface area contributed by atoms with Gasteiger partial charge in [0.1, 0.15) is 17.7 Å². The Morgan fingerprint density at radius 3 is 2.46 bits per heavy atom. The van der Waals surface area contributed by atoms with Crippen LogP contribution in [0.3, 0.4) is 0 Å². The molecule has 0 spiro atoms. The van der Waals surface area contributed by atoms with E-state index in [9.17, 15) is 13.9 Å². The minimum absolute atomic E-state index is 0.171. The molecule has 39 heavy (non-hydrogen) atoms. The van der Waals surface area contributed by atoms with Gasteiger partial charge in [-0.1, -0.05) is 35.5 Å². The molecule has 1 aromatic heterocycles. The molecule has 0 radical (unpaired) electrons. The first-order valence-electron chi connectivity index (χ1n) is 12.0. The predicted octanol–water partition coefficient (Wildman–Crippen LogP) is 7.20. The van der Waals surface area contributed by atoms with E-state index in [4.69, 9.17) is 30.8 Å². The number of hydrogen-bond acceptors (Lipinski definition) is 6. The fourth-order valence-electron chi connectivity index (χ4n) is 3.95. The largest absolute Gasteiger partial charge is 0.501 e. The third-order valence-corrected chi connectivity index (χ3v) is 7.19. The molecule has 3 aromatic carbocycles. The molecule has 0 aliphatic carbocycles. The first kappa shape index (κ1) is 28.5. The van der Waals surface area contributed by atoms with E-state index in [1.54, 1.807) is 53.1 Å². The van der Waals surface area contributed by atoms with Crippen molar-refractivity contribution >= 4 is 29.4 Å². The molecule has 0 fully saturated rings. The summed E-state index contributed by atoms with van der Waals surface area (Å²) in [7, 11) is 3.04. The minimum atomic E-state index is -1.19. The number of thioether (sulfide) groups is 1. The monoisotopic (exact) mass is 572 g/mol. The maximum Gasteiger partial charge on any atom is 0.173 e. The number of nitrogens with zero attached hydrogens (tertiary/aromatic N) is 2. The Hall–Kier alpha value is -3.53. The zero-order valence-corrected chi connectivity index (χ0v) is 23.1. The second-order valence-corrected chi connectivity index (χ2v) is 9.59. The van der Waals surface area contributed by atoms with E-state index >= 15 is 0 Å². The van der Waals surface area contributed by atoms with E-state index in [0.29, 0.717) is 56.5 Å². The van der Waals surface area contributed by atoms with Crippen molar-refractivity contribution in [2.24, 2.45) is 0 Å². The Balaban J connectivity index is 1.88. The van der Waals surface area contributed by atoms with Gasteiger partial charge in [0.05, 0.1) is 38.5 Å². The lowest BCUT2D eigenvalue weighted by atomic mass is 10.0. The summed E-state index contributed by atoms with van der Waals surface area (Å²) in [5.74, 6) is 0.276. The van der Waals surface area contributed by atoms with E-state index in [-0.39, 0.29) is 5.75 Å². The van der Waals surface area contributed by atoms with E-state index in [1.807, 2.05) is 6.92 Å². The highest BCUT2D eigenvalue weighted by Crippen LogP contribution is 2.38. The smallest absolute Gasteiger partial charge is 0.173 e. The number of imidazole rings is 1. The van der Waals surface area contributed by atoms with Crippen molar-refractivity contribution in [2.75, 3.05) is 20.8 Å². The third-order valence-electron chi connectivity index (χ3n) is 5.87. The normalized spacial score (nSPS) is 12.1. The Kier molecular flexibility index (Phi) is 9.50. The summed E-state index contributed by atoms with van der Waals surface area (Å²) in [6, 6.07) is 15.4. The van der Waals surface area contributed by atoms with Crippen LogP contribution in [0.1, 0.15) is 35.5 Å². The lowest BCUT2D eigenvalue weighted by Gasteiger charge is -2.18. The fraction of sp³-hybridized carbons (Fsp3) is 0.207. The molecule has 1 N–H and O–H groups in total.